The van der Waals surface area contributed by atoms with Crippen molar-refractivity contribution in [3.8, 4) is 5.75 Å². The topological polar surface area (TPSA) is 110 Å². The second-order valence-electron chi connectivity index (χ2n) is 10.4. The molecule has 39 heavy (non-hydrogen) atoms. The molecule has 9 heteroatoms. The smallest absolute Gasteiger partial charge is 0.331 e. The molecule has 2 amide bonds. The van der Waals surface area contributed by atoms with Crippen LogP contribution in [-0.4, -0.2) is 54.5 Å². The average Bonchev–Trinajstić information content (AvgIpc) is 3.41. The number of aromatic nitrogens is 1. The minimum Gasteiger partial charge on any atom is -0.425 e. The van der Waals surface area contributed by atoms with Crippen LogP contribution in [0.1, 0.15) is 27.8 Å². The number of anilines is 1. The third-order valence-electron chi connectivity index (χ3n) is 7.85. The molecule has 1 atom stereocenters. The molecule has 6 rings (SSSR count). The van der Waals surface area contributed by atoms with Crippen molar-refractivity contribution in [2.75, 3.05) is 32.1 Å². The maximum atomic E-state index is 13.2. The highest BCUT2D eigenvalue weighted by Crippen LogP contribution is 2.47. The lowest BCUT2D eigenvalue weighted by atomic mass is 9.79. The first-order valence-corrected chi connectivity index (χ1v) is 13.1. The molecule has 1 spiro atoms. The second kappa shape index (κ2) is 10.2. The molecule has 2 aromatic carbocycles. The number of carbonyl (C=O) groups excluding carboxylic acids is 3. The number of nitrogens with zero attached hydrogens (tertiary/aromatic N) is 2. The van der Waals surface area contributed by atoms with E-state index in [9.17, 15) is 14.4 Å². The summed E-state index contributed by atoms with van der Waals surface area (Å²) in [7, 11) is 1.87. The first kappa shape index (κ1) is 25.2. The lowest BCUT2D eigenvalue weighted by molar-refractivity contribution is -0.155. The second-order valence-corrected chi connectivity index (χ2v) is 10.4. The molecule has 2 N–H and O–H groups in total. The summed E-state index contributed by atoms with van der Waals surface area (Å²) in [6.45, 7) is 1.51. The fraction of sp³-hybridized carbons (Fsp3) is 0.333. The van der Waals surface area contributed by atoms with Gasteiger partial charge in [0.2, 0.25) is 11.8 Å². The van der Waals surface area contributed by atoms with Gasteiger partial charge >= 0.3 is 5.97 Å². The maximum absolute atomic E-state index is 13.2. The van der Waals surface area contributed by atoms with E-state index in [1.54, 1.807) is 17.2 Å². The summed E-state index contributed by atoms with van der Waals surface area (Å²) in [5, 5.41) is 6.06. The molecular weight excluding hydrogens is 496 g/mol. The van der Waals surface area contributed by atoms with Gasteiger partial charge in [0.15, 0.2) is 0 Å². The predicted molar refractivity (Wildman–Crippen MR) is 143 cm³/mol. The van der Waals surface area contributed by atoms with Crippen LogP contribution in [0.15, 0.2) is 60.8 Å². The van der Waals surface area contributed by atoms with Gasteiger partial charge in [-0.25, -0.2) is 9.78 Å². The van der Waals surface area contributed by atoms with Crippen molar-refractivity contribution in [2.24, 2.45) is 5.92 Å². The van der Waals surface area contributed by atoms with Gasteiger partial charge < -0.3 is 25.0 Å². The molecule has 9 nitrogen and oxygen atoms in total. The first-order chi connectivity index (χ1) is 19.0. The largest absolute Gasteiger partial charge is 0.425 e. The Balaban J connectivity index is 1.18. The number of nitrogens with one attached hydrogen (secondary N) is 2. The van der Waals surface area contributed by atoms with Crippen molar-refractivity contribution in [3.63, 3.8) is 0 Å². The molecule has 1 fully saturated rings. The number of ether oxygens (including phenoxy) is 2. The molecular formula is C30H30N4O5. The minimum atomic E-state index is -0.691. The summed E-state index contributed by atoms with van der Waals surface area (Å²) in [6.07, 6.45) is 2.74. The van der Waals surface area contributed by atoms with Crippen LogP contribution in [-0.2, 0) is 50.5 Å². The van der Waals surface area contributed by atoms with Crippen molar-refractivity contribution in [1.82, 2.24) is 15.2 Å². The van der Waals surface area contributed by atoms with Gasteiger partial charge in [-0.3, -0.25) is 9.59 Å². The number of benzene rings is 2. The van der Waals surface area contributed by atoms with E-state index in [0.717, 1.165) is 27.8 Å². The number of carbonyl (C=O) groups is 3. The van der Waals surface area contributed by atoms with Gasteiger partial charge in [0, 0.05) is 24.8 Å². The number of hydrogen-bond acceptors (Lipinski definition) is 7. The van der Waals surface area contributed by atoms with Crippen LogP contribution in [0, 0.1) is 5.92 Å². The van der Waals surface area contributed by atoms with Gasteiger partial charge in [0.1, 0.15) is 18.1 Å². The highest BCUT2D eigenvalue weighted by molar-refractivity contribution is 6.06. The summed E-state index contributed by atoms with van der Waals surface area (Å²) in [6, 6.07) is 17.2. The Hall–Kier alpha value is -4.08. The lowest BCUT2D eigenvalue weighted by Crippen LogP contribution is -2.47. The third kappa shape index (κ3) is 4.68. The molecule has 1 unspecified atom stereocenters. The molecule has 200 valence electrons. The molecule has 3 aliphatic rings. The van der Waals surface area contributed by atoms with Gasteiger partial charge in [0.05, 0.1) is 24.5 Å². The lowest BCUT2D eigenvalue weighted by Gasteiger charge is -2.31. The summed E-state index contributed by atoms with van der Waals surface area (Å²) in [5.74, 6) is 0.0674. The minimum absolute atomic E-state index is 0.0568. The molecule has 3 heterocycles. The number of esters is 1. The summed E-state index contributed by atoms with van der Waals surface area (Å²) in [5.41, 5.74) is 4.26. The van der Waals surface area contributed by atoms with Crippen molar-refractivity contribution in [3.05, 3.63) is 88.6 Å². The molecule has 1 aromatic heterocycles. The van der Waals surface area contributed by atoms with Crippen LogP contribution in [0.25, 0.3) is 0 Å². The van der Waals surface area contributed by atoms with E-state index in [2.05, 4.69) is 15.6 Å². The summed E-state index contributed by atoms with van der Waals surface area (Å²) < 4.78 is 11.0. The van der Waals surface area contributed by atoms with Crippen LogP contribution in [0.5, 0.6) is 5.75 Å². The number of pyridine rings is 1. The number of hydrogen-bond donors (Lipinski definition) is 2. The Morgan fingerprint density at radius 2 is 1.90 bits per heavy atom. The Morgan fingerprint density at radius 3 is 2.67 bits per heavy atom. The monoisotopic (exact) mass is 526 g/mol. The van der Waals surface area contributed by atoms with Gasteiger partial charge in [0.25, 0.3) is 0 Å². The van der Waals surface area contributed by atoms with Gasteiger partial charge in [-0.2, -0.15) is 0 Å². The van der Waals surface area contributed by atoms with Gasteiger partial charge in [-0.15, -0.1) is 0 Å². The fourth-order valence-corrected chi connectivity index (χ4v) is 5.76. The predicted octanol–water partition coefficient (Wildman–Crippen LogP) is 2.37. The zero-order valence-electron chi connectivity index (χ0n) is 21.7. The zero-order chi connectivity index (χ0) is 27.0. The zero-order valence-corrected chi connectivity index (χ0v) is 21.7. The Kier molecular flexibility index (Phi) is 6.62. The molecule has 2 aliphatic heterocycles. The van der Waals surface area contributed by atoms with E-state index < -0.39 is 11.4 Å². The standard InChI is InChI=1S/C30H30N4O5/c1-31-14-20-5-2-3-6-21(20)15-34(28(36)23-17-38-18-23)16-26(35)39-24-9-8-19-12-30(13-22(19)11-24)25-7-4-10-32-27(25)33-29(30)37/h2-11,23,31H,12-18H2,1H3,(H,32,33,37). The third-order valence-corrected chi connectivity index (χ3v) is 7.85. The van der Waals surface area contributed by atoms with Crippen LogP contribution in [0.3, 0.4) is 0 Å². The molecule has 1 aliphatic carbocycles. The summed E-state index contributed by atoms with van der Waals surface area (Å²) in [4.78, 5) is 45.1. The van der Waals surface area contributed by atoms with Crippen molar-refractivity contribution >= 4 is 23.6 Å². The van der Waals surface area contributed by atoms with Crippen LogP contribution < -0.4 is 15.4 Å². The van der Waals surface area contributed by atoms with E-state index >= 15 is 0 Å². The van der Waals surface area contributed by atoms with Crippen molar-refractivity contribution in [2.45, 2.75) is 31.3 Å². The number of rotatable bonds is 8. The SMILES string of the molecule is CNCc1ccccc1CN(CC(=O)Oc1ccc2c(c1)CC1(C2)C(=O)Nc2ncccc21)C(=O)C1COC1. The Morgan fingerprint density at radius 1 is 1.10 bits per heavy atom. The first-order valence-electron chi connectivity index (χ1n) is 13.1. The number of amides is 2. The average molecular weight is 527 g/mol. The van der Waals surface area contributed by atoms with Crippen LogP contribution in [0.2, 0.25) is 0 Å². The van der Waals surface area contributed by atoms with E-state index in [-0.39, 0.29) is 24.3 Å². The van der Waals surface area contributed by atoms with E-state index in [1.165, 1.54) is 0 Å². The quantitative estimate of drug-likeness (QED) is 0.343. The molecule has 0 bridgehead atoms. The highest BCUT2D eigenvalue weighted by atomic mass is 16.5. The number of fused-ring (bicyclic) bond motifs is 3. The molecule has 0 radical (unpaired) electrons. The van der Waals surface area contributed by atoms with Crippen LogP contribution in [0.4, 0.5) is 5.82 Å². The van der Waals surface area contributed by atoms with Crippen LogP contribution >= 0.6 is 0 Å². The van der Waals surface area contributed by atoms with Crippen molar-refractivity contribution < 1.29 is 23.9 Å². The summed E-state index contributed by atoms with van der Waals surface area (Å²) >= 11 is 0. The Labute approximate surface area is 226 Å². The fourth-order valence-electron chi connectivity index (χ4n) is 5.76. The van der Waals surface area contributed by atoms with E-state index in [0.29, 0.717) is 50.7 Å². The van der Waals surface area contributed by atoms with Gasteiger partial charge in [-0.05, 0) is 60.3 Å². The normalized spacial score (nSPS) is 19.3. The highest BCUT2D eigenvalue weighted by Gasteiger charge is 2.51. The van der Waals surface area contributed by atoms with E-state index in [4.69, 9.17) is 9.47 Å². The molecule has 1 saturated heterocycles. The Bertz CT molecular complexity index is 1450. The van der Waals surface area contributed by atoms with Crippen molar-refractivity contribution in [1.29, 1.82) is 0 Å². The van der Waals surface area contributed by atoms with E-state index in [1.807, 2.05) is 55.6 Å². The van der Waals surface area contributed by atoms with Gasteiger partial charge in [-0.1, -0.05) is 36.4 Å². The molecule has 3 aromatic rings. The maximum Gasteiger partial charge on any atom is 0.331 e. The molecule has 0 saturated carbocycles.